The number of carbonyl (C=O) groups excluding carboxylic acids is 1. The number of rotatable bonds is 4. The molecule has 1 aliphatic heterocycles. The predicted molar refractivity (Wildman–Crippen MR) is 92.3 cm³/mol. The zero-order valence-electron chi connectivity index (χ0n) is 12.2. The molecule has 1 atom stereocenters. The number of thioether (sulfide) groups is 1. The van der Waals surface area contributed by atoms with E-state index >= 15 is 0 Å². The summed E-state index contributed by atoms with van der Waals surface area (Å²) in [6, 6.07) is 16.9. The van der Waals surface area contributed by atoms with Crippen molar-refractivity contribution in [3.63, 3.8) is 0 Å². The van der Waals surface area contributed by atoms with Gasteiger partial charge in [0.2, 0.25) is 0 Å². The smallest absolute Gasteiger partial charge is 0.348 e. The van der Waals surface area contributed by atoms with Crippen molar-refractivity contribution in [2.45, 2.75) is 18.3 Å². The van der Waals surface area contributed by atoms with E-state index in [4.69, 9.17) is 16.3 Å². The minimum Gasteiger partial charge on any atom is -0.511 e. The summed E-state index contributed by atoms with van der Waals surface area (Å²) in [6.07, 6.45) is -0.189. The van der Waals surface area contributed by atoms with Gasteiger partial charge >= 0.3 is 5.97 Å². The second-order valence-electron chi connectivity index (χ2n) is 5.20. The van der Waals surface area contributed by atoms with E-state index in [0.29, 0.717) is 15.7 Å². The maximum absolute atomic E-state index is 12.2. The summed E-state index contributed by atoms with van der Waals surface area (Å²) in [5.41, 5.74) is 1.91. The van der Waals surface area contributed by atoms with E-state index in [9.17, 15) is 9.90 Å². The van der Waals surface area contributed by atoms with Crippen LogP contribution in [0.15, 0.2) is 65.3 Å². The summed E-state index contributed by atoms with van der Waals surface area (Å²) in [4.78, 5) is 12.5. The number of halogens is 1. The fourth-order valence-electron chi connectivity index (χ4n) is 2.35. The maximum Gasteiger partial charge on any atom is 0.348 e. The van der Waals surface area contributed by atoms with Crippen LogP contribution in [-0.4, -0.2) is 11.1 Å². The van der Waals surface area contributed by atoms with Crippen molar-refractivity contribution in [3.8, 4) is 0 Å². The van der Waals surface area contributed by atoms with Crippen LogP contribution in [0.2, 0.25) is 5.02 Å². The lowest BCUT2D eigenvalue weighted by molar-refractivity contribution is -0.146. The van der Waals surface area contributed by atoms with Gasteiger partial charge in [-0.1, -0.05) is 54.1 Å². The molecule has 1 unspecified atom stereocenters. The first-order valence-corrected chi connectivity index (χ1v) is 8.55. The molecular formula is C18H15ClO3S. The summed E-state index contributed by atoms with van der Waals surface area (Å²) >= 11 is 7.16. The molecule has 5 heteroatoms. The Hall–Kier alpha value is -1.91. The minimum absolute atomic E-state index is 0.0853. The highest BCUT2D eigenvalue weighted by Crippen LogP contribution is 2.36. The first-order chi connectivity index (χ1) is 11.1. The van der Waals surface area contributed by atoms with Gasteiger partial charge in [-0.15, -0.1) is 11.8 Å². The van der Waals surface area contributed by atoms with Crippen molar-refractivity contribution in [3.05, 3.63) is 81.4 Å². The molecule has 0 fully saturated rings. The number of cyclic esters (lactones) is 1. The van der Waals surface area contributed by atoms with E-state index in [1.54, 1.807) is 24.3 Å². The van der Waals surface area contributed by atoms with E-state index < -0.39 is 12.1 Å². The molecule has 0 bridgehead atoms. The molecule has 0 spiro atoms. The molecule has 3 nitrogen and oxygen atoms in total. The normalized spacial score (nSPS) is 18.0. The number of aliphatic hydroxyl groups is 1. The number of benzene rings is 2. The molecule has 0 radical (unpaired) electrons. The summed E-state index contributed by atoms with van der Waals surface area (Å²) in [7, 11) is 0. The Morgan fingerprint density at radius 1 is 1.13 bits per heavy atom. The van der Waals surface area contributed by atoms with Crippen molar-refractivity contribution in [1.29, 1.82) is 0 Å². The number of hydrogen-bond donors (Lipinski definition) is 1. The first kappa shape index (κ1) is 16.0. The molecule has 0 aliphatic carbocycles. The summed E-state index contributed by atoms with van der Waals surface area (Å²) in [5, 5.41) is 10.9. The first-order valence-electron chi connectivity index (χ1n) is 7.19. The third-order valence-corrected chi connectivity index (χ3v) is 4.96. The van der Waals surface area contributed by atoms with E-state index in [1.807, 2.05) is 30.3 Å². The predicted octanol–water partition coefficient (Wildman–Crippen LogP) is 5.03. The molecule has 0 saturated heterocycles. The Morgan fingerprint density at radius 3 is 2.48 bits per heavy atom. The van der Waals surface area contributed by atoms with Crippen LogP contribution in [0, 0.1) is 0 Å². The Balaban J connectivity index is 1.71. The second kappa shape index (κ2) is 7.11. The van der Waals surface area contributed by atoms with Crippen molar-refractivity contribution in [2.75, 3.05) is 0 Å². The monoisotopic (exact) mass is 346 g/mol. The molecule has 2 aromatic rings. The zero-order valence-corrected chi connectivity index (χ0v) is 13.8. The molecule has 0 amide bonds. The van der Waals surface area contributed by atoms with E-state index in [0.717, 1.165) is 11.1 Å². The van der Waals surface area contributed by atoms with Crippen LogP contribution in [0.1, 0.15) is 23.7 Å². The van der Waals surface area contributed by atoms with Gasteiger partial charge in [0.05, 0.1) is 0 Å². The Labute approximate surface area is 143 Å². The topological polar surface area (TPSA) is 46.5 Å². The molecule has 2 aromatic carbocycles. The third kappa shape index (κ3) is 3.89. The van der Waals surface area contributed by atoms with Crippen LogP contribution in [0.3, 0.4) is 0 Å². The van der Waals surface area contributed by atoms with Crippen LogP contribution >= 0.6 is 23.4 Å². The molecule has 3 rings (SSSR count). The van der Waals surface area contributed by atoms with Gasteiger partial charge in [-0.2, -0.15) is 0 Å². The summed E-state index contributed by atoms with van der Waals surface area (Å²) in [5.74, 6) is 0.220. The zero-order chi connectivity index (χ0) is 16.2. The lowest BCUT2D eigenvalue weighted by Crippen LogP contribution is -2.20. The largest absolute Gasteiger partial charge is 0.511 e. The number of hydrogen-bond acceptors (Lipinski definition) is 4. The molecule has 23 heavy (non-hydrogen) atoms. The van der Waals surface area contributed by atoms with Gasteiger partial charge in [0.1, 0.15) is 16.8 Å². The standard InChI is InChI=1S/C18H15ClO3S/c19-14-8-6-13(7-9-14)16-10-15(20)17(18(21)22-16)23-11-12-4-2-1-3-5-12/h1-9,16,20H,10-11H2. The number of ether oxygens (including phenoxy) is 1. The van der Waals surface area contributed by atoms with Gasteiger partial charge in [0.25, 0.3) is 0 Å². The van der Waals surface area contributed by atoms with Gasteiger partial charge < -0.3 is 9.84 Å². The SMILES string of the molecule is O=C1OC(c2ccc(Cl)cc2)CC(O)=C1SCc1ccccc1. The third-order valence-electron chi connectivity index (χ3n) is 3.54. The van der Waals surface area contributed by atoms with Crippen LogP contribution in [0.5, 0.6) is 0 Å². The molecule has 0 aromatic heterocycles. The molecule has 1 aliphatic rings. The van der Waals surface area contributed by atoms with Gasteiger partial charge in [-0.3, -0.25) is 0 Å². The lowest BCUT2D eigenvalue weighted by atomic mass is 10.0. The van der Waals surface area contributed by atoms with E-state index in [1.165, 1.54) is 11.8 Å². The maximum atomic E-state index is 12.2. The quantitative estimate of drug-likeness (QED) is 0.788. The number of carbonyl (C=O) groups is 1. The van der Waals surface area contributed by atoms with Crippen molar-refractivity contribution < 1.29 is 14.6 Å². The van der Waals surface area contributed by atoms with Crippen LogP contribution in [-0.2, 0) is 15.3 Å². The fourth-order valence-corrected chi connectivity index (χ4v) is 3.39. The van der Waals surface area contributed by atoms with Gasteiger partial charge in [0, 0.05) is 17.2 Å². The van der Waals surface area contributed by atoms with Gasteiger partial charge in [-0.05, 0) is 23.3 Å². The highest BCUT2D eigenvalue weighted by atomic mass is 35.5. The van der Waals surface area contributed by atoms with Gasteiger partial charge in [0.15, 0.2) is 0 Å². The average Bonchev–Trinajstić information content (AvgIpc) is 2.55. The van der Waals surface area contributed by atoms with Gasteiger partial charge in [-0.25, -0.2) is 4.79 Å². The van der Waals surface area contributed by atoms with Crippen molar-refractivity contribution in [1.82, 2.24) is 0 Å². The average molecular weight is 347 g/mol. The second-order valence-corrected chi connectivity index (χ2v) is 6.62. The fraction of sp³-hybridized carbons (Fsp3) is 0.167. The molecule has 0 saturated carbocycles. The summed E-state index contributed by atoms with van der Waals surface area (Å²) < 4.78 is 5.46. The number of aliphatic hydroxyl groups excluding tert-OH is 1. The Morgan fingerprint density at radius 2 is 1.83 bits per heavy atom. The molecule has 1 N–H and O–H groups in total. The molecule has 118 valence electrons. The highest BCUT2D eigenvalue weighted by molar-refractivity contribution is 8.03. The van der Waals surface area contributed by atoms with Crippen LogP contribution < -0.4 is 0 Å². The minimum atomic E-state index is -0.477. The molecule has 1 heterocycles. The van der Waals surface area contributed by atoms with Crippen LogP contribution in [0.25, 0.3) is 0 Å². The Bertz CT molecular complexity index is 726. The molecular weight excluding hydrogens is 332 g/mol. The number of esters is 1. The lowest BCUT2D eigenvalue weighted by Gasteiger charge is -2.24. The van der Waals surface area contributed by atoms with E-state index in [2.05, 4.69) is 0 Å². The Kier molecular flexibility index (Phi) is 4.94. The summed E-state index contributed by atoms with van der Waals surface area (Å²) in [6.45, 7) is 0. The van der Waals surface area contributed by atoms with Crippen molar-refractivity contribution in [2.24, 2.45) is 0 Å². The van der Waals surface area contributed by atoms with Crippen LogP contribution in [0.4, 0.5) is 0 Å². The highest BCUT2D eigenvalue weighted by Gasteiger charge is 2.30. The van der Waals surface area contributed by atoms with E-state index in [-0.39, 0.29) is 12.2 Å². The van der Waals surface area contributed by atoms with Crippen molar-refractivity contribution >= 4 is 29.3 Å².